The summed E-state index contributed by atoms with van der Waals surface area (Å²) in [7, 11) is 2.25. The third-order valence-corrected chi connectivity index (χ3v) is 3.89. The average Bonchev–Trinajstić information content (AvgIpc) is 2.32. The molecule has 0 aromatic heterocycles. The molecular weight excluding hydrogens is 196 g/mol. The zero-order valence-electron chi connectivity index (χ0n) is 11.7. The Balaban J connectivity index is 0.000000606. The van der Waals surface area contributed by atoms with Gasteiger partial charge in [-0.15, -0.1) is 0 Å². The van der Waals surface area contributed by atoms with Gasteiger partial charge in [0.1, 0.15) is 0 Å². The Hall–Kier alpha value is -0.0800. The summed E-state index contributed by atoms with van der Waals surface area (Å²) in [6, 6.07) is 0.897. The molecule has 2 rings (SSSR count). The normalized spacial score (nSPS) is 29.6. The fraction of sp³-hybridized carbons (Fsp3) is 1.00. The lowest BCUT2D eigenvalue weighted by Crippen LogP contribution is -2.47. The van der Waals surface area contributed by atoms with Crippen LogP contribution in [0.15, 0.2) is 0 Å². The fourth-order valence-electron chi connectivity index (χ4n) is 2.92. The van der Waals surface area contributed by atoms with Gasteiger partial charge in [-0.05, 0) is 58.3 Å². The zero-order chi connectivity index (χ0) is 12.0. The summed E-state index contributed by atoms with van der Waals surface area (Å²) < 4.78 is 0. The van der Waals surface area contributed by atoms with Crippen LogP contribution in [-0.2, 0) is 0 Å². The van der Waals surface area contributed by atoms with Gasteiger partial charge in [-0.3, -0.25) is 0 Å². The van der Waals surface area contributed by atoms with Crippen molar-refractivity contribution in [1.29, 1.82) is 0 Å². The van der Waals surface area contributed by atoms with Crippen molar-refractivity contribution in [2.24, 2.45) is 5.92 Å². The predicted octanol–water partition coefficient (Wildman–Crippen LogP) is 2.84. The van der Waals surface area contributed by atoms with Crippen molar-refractivity contribution < 1.29 is 0 Å². The molecule has 0 aromatic carbocycles. The van der Waals surface area contributed by atoms with Crippen molar-refractivity contribution in [2.45, 2.75) is 52.5 Å². The van der Waals surface area contributed by atoms with Gasteiger partial charge in [0.25, 0.3) is 0 Å². The van der Waals surface area contributed by atoms with Crippen LogP contribution in [0.2, 0.25) is 0 Å². The molecule has 0 bridgehead atoms. The molecule has 2 aliphatic rings. The van der Waals surface area contributed by atoms with Crippen LogP contribution in [0, 0.1) is 5.92 Å². The molecule has 0 radical (unpaired) electrons. The molecule has 1 atom stereocenters. The Morgan fingerprint density at radius 2 is 1.56 bits per heavy atom. The highest BCUT2D eigenvalue weighted by atomic mass is 15.2. The van der Waals surface area contributed by atoms with Gasteiger partial charge >= 0.3 is 0 Å². The number of rotatable bonds is 1. The minimum absolute atomic E-state index is 0.897. The largest absolute Gasteiger partial charge is 0.306 e. The molecule has 2 fully saturated rings. The standard InChI is InChI=1S/C12H24N2.C2H6/c1-11-4-3-7-14(10-11)12-5-8-13(2)9-6-12;1-2/h11-12H,3-10H2,1-2H3;1-2H3. The minimum Gasteiger partial charge on any atom is -0.306 e. The molecule has 2 saturated heterocycles. The second-order valence-corrected chi connectivity index (χ2v) is 5.28. The van der Waals surface area contributed by atoms with E-state index in [1.165, 1.54) is 51.9 Å². The molecule has 2 heteroatoms. The summed E-state index contributed by atoms with van der Waals surface area (Å²) in [5.74, 6) is 0.934. The van der Waals surface area contributed by atoms with Gasteiger partial charge in [-0.25, -0.2) is 0 Å². The lowest BCUT2D eigenvalue weighted by molar-refractivity contribution is 0.0830. The summed E-state index contributed by atoms with van der Waals surface area (Å²) in [6.07, 6.45) is 5.66. The second kappa shape index (κ2) is 7.29. The van der Waals surface area contributed by atoms with E-state index in [4.69, 9.17) is 0 Å². The highest BCUT2D eigenvalue weighted by Crippen LogP contribution is 2.22. The topological polar surface area (TPSA) is 6.48 Å². The van der Waals surface area contributed by atoms with Gasteiger partial charge < -0.3 is 9.80 Å². The van der Waals surface area contributed by atoms with Crippen molar-refractivity contribution in [3.63, 3.8) is 0 Å². The van der Waals surface area contributed by atoms with Crippen LogP contribution in [0.5, 0.6) is 0 Å². The van der Waals surface area contributed by atoms with E-state index in [2.05, 4.69) is 23.8 Å². The van der Waals surface area contributed by atoms with Crippen molar-refractivity contribution in [3.8, 4) is 0 Å². The molecule has 0 saturated carbocycles. The van der Waals surface area contributed by atoms with Crippen LogP contribution in [0.3, 0.4) is 0 Å². The first-order valence-corrected chi connectivity index (χ1v) is 7.18. The summed E-state index contributed by atoms with van der Waals surface area (Å²) in [6.45, 7) is 11.7. The van der Waals surface area contributed by atoms with Crippen molar-refractivity contribution in [1.82, 2.24) is 9.80 Å². The molecule has 96 valence electrons. The molecular formula is C14H30N2. The molecule has 1 unspecified atom stereocenters. The second-order valence-electron chi connectivity index (χ2n) is 5.28. The summed E-state index contributed by atoms with van der Waals surface area (Å²) in [4.78, 5) is 5.21. The number of hydrogen-bond acceptors (Lipinski definition) is 2. The quantitative estimate of drug-likeness (QED) is 0.678. The fourth-order valence-corrected chi connectivity index (χ4v) is 2.92. The van der Waals surface area contributed by atoms with E-state index in [9.17, 15) is 0 Å². The first-order chi connectivity index (χ1) is 7.75. The third kappa shape index (κ3) is 4.06. The van der Waals surface area contributed by atoms with Crippen LogP contribution in [-0.4, -0.2) is 49.1 Å². The van der Waals surface area contributed by atoms with E-state index in [0.717, 1.165) is 12.0 Å². The van der Waals surface area contributed by atoms with Crippen molar-refractivity contribution in [3.05, 3.63) is 0 Å². The number of likely N-dealkylation sites (tertiary alicyclic amines) is 2. The van der Waals surface area contributed by atoms with Crippen LogP contribution >= 0.6 is 0 Å². The highest BCUT2D eigenvalue weighted by molar-refractivity contribution is 4.81. The Kier molecular flexibility index (Phi) is 6.37. The van der Waals surface area contributed by atoms with Crippen LogP contribution in [0.4, 0.5) is 0 Å². The molecule has 0 amide bonds. The third-order valence-electron chi connectivity index (χ3n) is 3.89. The van der Waals surface area contributed by atoms with E-state index in [1.54, 1.807) is 0 Å². The summed E-state index contributed by atoms with van der Waals surface area (Å²) in [5.41, 5.74) is 0. The summed E-state index contributed by atoms with van der Waals surface area (Å²) in [5, 5.41) is 0. The lowest BCUT2D eigenvalue weighted by Gasteiger charge is -2.41. The molecule has 0 spiro atoms. The highest BCUT2D eigenvalue weighted by Gasteiger charge is 2.26. The first kappa shape index (κ1) is 14.0. The molecule has 0 aromatic rings. The van der Waals surface area contributed by atoms with E-state index in [-0.39, 0.29) is 0 Å². The SMILES string of the molecule is CC.CC1CCCN(C2CCN(C)CC2)C1. The van der Waals surface area contributed by atoms with Gasteiger partial charge in [0.05, 0.1) is 0 Å². The lowest BCUT2D eigenvalue weighted by atomic mass is 9.95. The Bertz CT molecular complexity index is 174. The van der Waals surface area contributed by atoms with Crippen LogP contribution in [0.1, 0.15) is 46.5 Å². The number of nitrogens with zero attached hydrogens (tertiary/aromatic N) is 2. The predicted molar refractivity (Wildman–Crippen MR) is 71.8 cm³/mol. The van der Waals surface area contributed by atoms with Crippen LogP contribution in [0.25, 0.3) is 0 Å². The van der Waals surface area contributed by atoms with Crippen molar-refractivity contribution in [2.75, 3.05) is 33.2 Å². The maximum Gasteiger partial charge on any atom is 0.0120 e. The van der Waals surface area contributed by atoms with Gasteiger partial charge in [0, 0.05) is 12.6 Å². The molecule has 2 heterocycles. The van der Waals surface area contributed by atoms with Gasteiger partial charge in [-0.2, -0.15) is 0 Å². The molecule has 0 N–H and O–H groups in total. The van der Waals surface area contributed by atoms with Gasteiger partial charge in [0.2, 0.25) is 0 Å². The molecule has 2 nitrogen and oxygen atoms in total. The average molecular weight is 226 g/mol. The maximum atomic E-state index is 2.75. The first-order valence-electron chi connectivity index (χ1n) is 7.18. The van der Waals surface area contributed by atoms with Crippen molar-refractivity contribution >= 4 is 0 Å². The number of piperidine rings is 2. The van der Waals surface area contributed by atoms with Crippen LogP contribution < -0.4 is 0 Å². The Morgan fingerprint density at radius 1 is 0.938 bits per heavy atom. The Labute approximate surface area is 102 Å². The zero-order valence-corrected chi connectivity index (χ0v) is 11.7. The minimum atomic E-state index is 0.897. The van der Waals surface area contributed by atoms with E-state index in [1.807, 2.05) is 13.8 Å². The number of hydrogen-bond donors (Lipinski definition) is 0. The van der Waals surface area contributed by atoms with E-state index in [0.29, 0.717) is 0 Å². The maximum absolute atomic E-state index is 2.75. The molecule has 16 heavy (non-hydrogen) atoms. The smallest absolute Gasteiger partial charge is 0.0120 e. The van der Waals surface area contributed by atoms with Gasteiger partial charge in [0.15, 0.2) is 0 Å². The van der Waals surface area contributed by atoms with E-state index < -0.39 is 0 Å². The van der Waals surface area contributed by atoms with Gasteiger partial charge in [-0.1, -0.05) is 20.8 Å². The molecule has 0 aliphatic carbocycles. The Morgan fingerprint density at radius 3 is 2.12 bits per heavy atom. The van der Waals surface area contributed by atoms with E-state index >= 15 is 0 Å². The molecule has 2 aliphatic heterocycles. The monoisotopic (exact) mass is 226 g/mol. The summed E-state index contributed by atoms with van der Waals surface area (Å²) >= 11 is 0.